The van der Waals surface area contributed by atoms with Crippen molar-refractivity contribution in [2.24, 2.45) is 51.2 Å². The third-order valence-corrected chi connectivity index (χ3v) is 13.5. The van der Waals surface area contributed by atoms with Crippen LogP contribution in [0.15, 0.2) is 0 Å². The molecule has 0 aromatic heterocycles. The molecule has 0 spiro atoms. The number of carbonyl (C=O) groups is 3. The number of hydrogen-bond acceptors (Lipinski definition) is 4. The number of rotatable bonds is 5. The lowest BCUT2D eigenvalue weighted by Gasteiger charge is -2.71. The molecule has 0 radical (unpaired) electrons. The van der Waals surface area contributed by atoms with Gasteiger partial charge in [0, 0.05) is 14.1 Å². The molecular formula is C32H51NO5. The van der Waals surface area contributed by atoms with Gasteiger partial charge in [-0.05, 0) is 110 Å². The van der Waals surface area contributed by atoms with Gasteiger partial charge in [0.1, 0.15) is 6.10 Å². The zero-order chi connectivity index (χ0) is 27.7. The summed E-state index contributed by atoms with van der Waals surface area (Å²) >= 11 is 0. The molecule has 0 saturated heterocycles. The molecule has 0 aromatic rings. The number of hydrogen-bond donors (Lipinski definition) is 1. The summed E-state index contributed by atoms with van der Waals surface area (Å²) in [6, 6.07) is 0. The molecule has 1 N–H and O–H groups in total. The minimum absolute atomic E-state index is 0.0418. The number of ether oxygens (including phenoxy) is 1. The fourth-order valence-electron chi connectivity index (χ4n) is 11.6. The zero-order valence-electron chi connectivity index (χ0n) is 24.7. The van der Waals surface area contributed by atoms with Crippen molar-refractivity contribution >= 4 is 17.8 Å². The second-order valence-electron chi connectivity index (χ2n) is 14.9. The molecule has 5 aliphatic rings. The van der Waals surface area contributed by atoms with Gasteiger partial charge in [0.2, 0.25) is 5.91 Å². The molecule has 5 saturated carbocycles. The Balaban J connectivity index is 1.37. The van der Waals surface area contributed by atoms with Gasteiger partial charge in [-0.25, -0.2) is 0 Å². The van der Waals surface area contributed by atoms with E-state index in [0.717, 1.165) is 25.7 Å². The van der Waals surface area contributed by atoms with E-state index in [-0.39, 0.29) is 46.6 Å². The van der Waals surface area contributed by atoms with Crippen molar-refractivity contribution in [3.8, 4) is 0 Å². The van der Waals surface area contributed by atoms with E-state index in [4.69, 9.17) is 9.84 Å². The van der Waals surface area contributed by atoms with E-state index >= 15 is 0 Å². The van der Waals surface area contributed by atoms with Crippen molar-refractivity contribution in [2.75, 3.05) is 14.1 Å². The van der Waals surface area contributed by atoms with E-state index in [0.29, 0.717) is 35.5 Å². The van der Waals surface area contributed by atoms with Crippen molar-refractivity contribution < 1.29 is 24.2 Å². The van der Waals surface area contributed by atoms with E-state index in [1.54, 1.807) is 0 Å². The van der Waals surface area contributed by atoms with Gasteiger partial charge in [-0.3, -0.25) is 14.4 Å². The Kier molecular flexibility index (Phi) is 6.99. The first-order chi connectivity index (χ1) is 17.8. The number of fused-ring (bicyclic) bond motifs is 7. The summed E-state index contributed by atoms with van der Waals surface area (Å²) < 4.78 is 5.88. The Hall–Kier alpha value is -1.59. The Morgan fingerprint density at radius 2 is 1.55 bits per heavy atom. The highest BCUT2D eigenvalue weighted by Gasteiger charge is 2.70. The first kappa shape index (κ1) is 28.0. The van der Waals surface area contributed by atoms with Crippen LogP contribution in [-0.2, 0) is 19.1 Å². The summed E-state index contributed by atoms with van der Waals surface area (Å²) in [5, 5.41) is 8.94. The van der Waals surface area contributed by atoms with Crippen molar-refractivity contribution in [3.05, 3.63) is 0 Å². The lowest BCUT2D eigenvalue weighted by Crippen LogP contribution is -2.66. The normalized spacial score (nSPS) is 47.6. The van der Waals surface area contributed by atoms with Crippen molar-refractivity contribution in [3.63, 3.8) is 0 Å². The minimum atomic E-state index is -0.953. The molecule has 0 aromatic carbocycles. The Morgan fingerprint density at radius 3 is 2.24 bits per heavy atom. The first-order valence-corrected chi connectivity index (χ1v) is 15.4. The van der Waals surface area contributed by atoms with E-state index in [1.807, 2.05) is 19.0 Å². The van der Waals surface area contributed by atoms with Crippen molar-refractivity contribution in [2.45, 2.75) is 117 Å². The maximum atomic E-state index is 13.6. The van der Waals surface area contributed by atoms with Crippen molar-refractivity contribution in [1.82, 2.24) is 4.90 Å². The fraction of sp³-hybridized carbons (Fsp3) is 0.906. The van der Waals surface area contributed by atoms with E-state index in [9.17, 15) is 14.4 Å². The van der Waals surface area contributed by atoms with E-state index < -0.39 is 5.97 Å². The Labute approximate surface area is 229 Å². The number of carboxylic acids is 1. The molecular weight excluding hydrogens is 478 g/mol. The molecule has 0 bridgehead atoms. The lowest BCUT2D eigenvalue weighted by atomic mass is 9.33. The predicted molar refractivity (Wildman–Crippen MR) is 146 cm³/mol. The number of carbonyl (C=O) groups excluding carboxylic acids is 2. The van der Waals surface area contributed by atoms with Gasteiger partial charge >= 0.3 is 11.9 Å². The number of aliphatic carboxylic acids is 1. The van der Waals surface area contributed by atoms with Crippen LogP contribution in [0.25, 0.3) is 0 Å². The summed E-state index contributed by atoms with van der Waals surface area (Å²) in [5.41, 5.74) is 0.628. The first-order valence-electron chi connectivity index (χ1n) is 15.4. The second kappa shape index (κ2) is 9.51. The highest BCUT2D eigenvalue weighted by Crippen LogP contribution is 2.76. The third kappa shape index (κ3) is 3.89. The van der Waals surface area contributed by atoms with Gasteiger partial charge in [0.25, 0.3) is 0 Å². The molecule has 5 rings (SSSR count). The number of carboxylic acid groups (broad SMARTS) is 1. The van der Waals surface area contributed by atoms with Gasteiger partial charge < -0.3 is 14.7 Å². The Morgan fingerprint density at radius 1 is 0.816 bits per heavy atom. The molecule has 6 heteroatoms. The van der Waals surface area contributed by atoms with Crippen molar-refractivity contribution in [1.29, 1.82) is 0 Å². The molecule has 8 unspecified atom stereocenters. The topological polar surface area (TPSA) is 83.9 Å². The van der Waals surface area contributed by atoms with E-state index in [2.05, 4.69) is 27.7 Å². The van der Waals surface area contributed by atoms with Crippen LogP contribution >= 0.6 is 0 Å². The van der Waals surface area contributed by atoms with Gasteiger partial charge in [0.05, 0.1) is 18.3 Å². The monoisotopic (exact) mass is 529 g/mol. The van der Waals surface area contributed by atoms with Crippen LogP contribution in [-0.4, -0.2) is 48.1 Å². The van der Waals surface area contributed by atoms with Gasteiger partial charge in [-0.1, -0.05) is 34.1 Å². The second-order valence-corrected chi connectivity index (χ2v) is 14.9. The summed E-state index contributed by atoms with van der Waals surface area (Å²) in [7, 11) is 3.89. The highest BCUT2D eigenvalue weighted by atomic mass is 16.5. The van der Waals surface area contributed by atoms with Crippen LogP contribution in [0.3, 0.4) is 0 Å². The average molecular weight is 530 g/mol. The molecule has 38 heavy (non-hydrogen) atoms. The van der Waals surface area contributed by atoms with Gasteiger partial charge in [0.15, 0.2) is 0 Å². The molecule has 0 heterocycles. The third-order valence-electron chi connectivity index (χ3n) is 13.5. The summed E-state index contributed by atoms with van der Waals surface area (Å²) in [4.78, 5) is 38.7. The standard InChI is InChI=1S/C32H51NO5/c1-20-21-13-17-31(4)25(29(21,2)16-14-24(20)38-27(36)12-11-26(34)35)10-9-22-23-8-7-15-32(23,28(37)33(5)6)19-18-30(22,31)3/h20-25H,7-19H2,1-6H3,(H,34,35)/t20?,21?,22?,23-,24?,25?,29?,30-,31?,32?/m1/s1. The van der Waals surface area contributed by atoms with Crippen LogP contribution in [0, 0.1) is 51.2 Å². The quantitative estimate of drug-likeness (QED) is 0.422. The molecule has 1 amide bonds. The smallest absolute Gasteiger partial charge is 0.306 e. The molecule has 5 aliphatic carbocycles. The van der Waals surface area contributed by atoms with E-state index in [1.165, 1.54) is 44.9 Å². The zero-order valence-corrected chi connectivity index (χ0v) is 24.7. The van der Waals surface area contributed by atoms with Gasteiger partial charge in [-0.15, -0.1) is 0 Å². The van der Waals surface area contributed by atoms with Crippen LogP contribution in [0.5, 0.6) is 0 Å². The molecule has 10 atom stereocenters. The van der Waals surface area contributed by atoms with Crippen LogP contribution in [0.4, 0.5) is 0 Å². The molecule has 0 aliphatic heterocycles. The average Bonchev–Trinajstić information content (AvgIpc) is 3.30. The number of nitrogens with zero attached hydrogens (tertiary/aromatic N) is 1. The fourth-order valence-corrected chi connectivity index (χ4v) is 11.6. The Bertz CT molecular complexity index is 979. The van der Waals surface area contributed by atoms with Crippen LogP contribution < -0.4 is 0 Å². The molecule has 5 fully saturated rings. The SMILES string of the molecule is CC1C(OC(=O)CCC(=O)O)CCC2(C)C1CCC1(C)C2CCC2[C@H]3CCCC3(C(=O)N(C)C)CC[C@]21C. The maximum absolute atomic E-state index is 13.6. The maximum Gasteiger partial charge on any atom is 0.306 e. The largest absolute Gasteiger partial charge is 0.481 e. The minimum Gasteiger partial charge on any atom is -0.481 e. The summed E-state index contributed by atoms with van der Waals surface area (Å²) in [6.45, 7) is 10.0. The highest BCUT2D eigenvalue weighted by molar-refractivity contribution is 5.83. The lowest BCUT2D eigenvalue weighted by molar-refractivity contribution is -0.235. The summed E-state index contributed by atoms with van der Waals surface area (Å²) in [5.74, 6) is 1.70. The summed E-state index contributed by atoms with van der Waals surface area (Å²) in [6.07, 6.45) is 12.2. The molecule has 214 valence electrons. The number of amides is 1. The van der Waals surface area contributed by atoms with Crippen LogP contribution in [0.2, 0.25) is 0 Å². The number of esters is 1. The molecule has 6 nitrogen and oxygen atoms in total. The van der Waals surface area contributed by atoms with Gasteiger partial charge in [-0.2, -0.15) is 0 Å². The van der Waals surface area contributed by atoms with Crippen LogP contribution in [0.1, 0.15) is 111 Å². The predicted octanol–water partition coefficient (Wildman–Crippen LogP) is 6.32.